The van der Waals surface area contributed by atoms with Gasteiger partial charge in [0.15, 0.2) is 0 Å². The molecule has 0 saturated carbocycles. The SMILES string of the molecule is CCc1cccc(OPOc2cccc(CC)c2CC)c1CC. The molecule has 0 fully saturated rings. The average Bonchev–Trinajstić information content (AvgIpc) is 2.60. The van der Waals surface area contributed by atoms with Crippen LogP contribution in [0.15, 0.2) is 36.4 Å². The maximum absolute atomic E-state index is 5.95. The minimum absolute atomic E-state index is 0.0185. The summed E-state index contributed by atoms with van der Waals surface area (Å²) >= 11 is 0. The van der Waals surface area contributed by atoms with E-state index in [1.165, 1.54) is 22.3 Å². The van der Waals surface area contributed by atoms with Crippen LogP contribution in [0.5, 0.6) is 11.5 Å². The van der Waals surface area contributed by atoms with Crippen molar-refractivity contribution in [1.29, 1.82) is 0 Å². The average molecular weight is 330 g/mol. The highest BCUT2D eigenvalue weighted by atomic mass is 31.1. The van der Waals surface area contributed by atoms with Gasteiger partial charge < -0.3 is 9.05 Å². The van der Waals surface area contributed by atoms with Crippen LogP contribution in [0.25, 0.3) is 0 Å². The quantitative estimate of drug-likeness (QED) is 0.561. The van der Waals surface area contributed by atoms with Crippen molar-refractivity contribution < 1.29 is 9.05 Å². The van der Waals surface area contributed by atoms with Crippen LogP contribution >= 0.6 is 9.03 Å². The Hall–Kier alpha value is -1.53. The molecule has 0 bridgehead atoms. The number of rotatable bonds is 8. The topological polar surface area (TPSA) is 18.5 Å². The molecule has 0 aliphatic rings. The number of aryl methyl sites for hydroxylation is 2. The molecule has 0 saturated heterocycles. The van der Waals surface area contributed by atoms with Gasteiger partial charge in [-0.1, -0.05) is 52.0 Å². The lowest BCUT2D eigenvalue weighted by molar-refractivity contribution is 0.507. The Labute approximate surface area is 142 Å². The first-order valence-corrected chi connectivity index (χ1v) is 9.36. The molecule has 2 aromatic carbocycles. The monoisotopic (exact) mass is 330 g/mol. The van der Waals surface area contributed by atoms with E-state index in [0.717, 1.165) is 37.2 Å². The first-order chi connectivity index (χ1) is 11.2. The molecule has 0 atom stereocenters. The maximum atomic E-state index is 5.95. The van der Waals surface area contributed by atoms with E-state index in [1.54, 1.807) is 0 Å². The predicted molar refractivity (Wildman–Crippen MR) is 100.0 cm³/mol. The molecule has 124 valence electrons. The van der Waals surface area contributed by atoms with Gasteiger partial charge in [-0.3, -0.25) is 0 Å². The summed E-state index contributed by atoms with van der Waals surface area (Å²) in [4.78, 5) is 0. The van der Waals surface area contributed by atoms with Crippen LogP contribution in [-0.2, 0) is 25.7 Å². The highest BCUT2D eigenvalue weighted by molar-refractivity contribution is 7.27. The summed E-state index contributed by atoms with van der Waals surface area (Å²) in [6.45, 7) is 8.71. The molecule has 0 aliphatic carbocycles. The highest BCUT2D eigenvalue weighted by Gasteiger charge is 2.09. The van der Waals surface area contributed by atoms with Crippen LogP contribution in [-0.4, -0.2) is 0 Å². The normalized spacial score (nSPS) is 10.6. The Kier molecular flexibility index (Phi) is 6.92. The molecule has 0 aliphatic heterocycles. The van der Waals surface area contributed by atoms with E-state index in [2.05, 4.69) is 52.0 Å². The first kappa shape index (κ1) is 17.8. The summed E-state index contributed by atoms with van der Waals surface area (Å²) in [5, 5.41) is 0. The van der Waals surface area contributed by atoms with Crippen LogP contribution in [0, 0.1) is 0 Å². The Morgan fingerprint density at radius 2 is 1.09 bits per heavy atom. The van der Waals surface area contributed by atoms with E-state index < -0.39 is 0 Å². The minimum Gasteiger partial charge on any atom is -0.440 e. The van der Waals surface area contributed by atoms with Gasteiger partial charge in [0, 0.05) is 0 Å². The van der Waals surface area contributed by atoms with Crippen molar-refractivity contribution >= 4 is 9.03 Å². The first-order valence-electron chi connectivity index (χ1n) is 8.55. The second-order valence-corrected chi connectivity index (χ2v) is 6.06. The van der Waals surface area contributed by atoms with Crippen LogP contribution in [0.2, 0.25) is 0 Å². The van der Waals surface area contributed by atoms with E-state index in [9.17, 15) is 0 Å². The Morgan fingerprint density at radius 1 is 0.652 bits per heavy atom. The van der Waals surface area contributed by atoms with Crippen molar-refractivity contribution in [2.45, 2.75) is 53.4 Å². The predicted octanol–water partition coefficient (Wildman–Crippen LogP) is 5.90. The van der Waals surface area contributed by atoms with Crippen molar-refractivity contribution in [3.05, 3.63) is 58.7 Å². The third kappa shape index (κ3) is 4.26. The van der Waals surface area contributed by atoms with Crippen molar-refractivity contribution in [3.63, 3.8) is 0 Å². The summed E-state index contributed by atoms with van der Waals surface area (Å²) in [5.74, 6) is 1.91. The van der Waals surface area contributed by atoms with Gasteiger partial charge in [-0.25, -0.2) is 0 Å². The zero-order chi connectivity index (χ0) is 16.7. The van der Waals surface area contributed by atoms with E-state index in [0.29, 0.717) is 0 Å². The van der Waals surface area contributed by atoms with Gasteiger partial charge in [0.2, 0.25) is 0 Å². The summed E-state index contributed by atoms with van der Waals surface area (Å²) in [6.07, 6.45) is 4.02. The zero-order valence-electron chi connectivity index (χ0n) is 14.6. The molecule has 0 spiro atoms. The lowest BCUT2D eigenvalue weighted by atomic mass is 10.0. The molecule has 3 heteroatoms. The molecular weight excluding hydrogens is 303 g/mol. The number of hydrogen-bond acceptors (Lipinski definition) is 2. The van der Waals surface area contributed by atoms with Crippen LogP contribution in [0.4, 0.5) is 0 Å². The Balaban J connectivity index is 2.09. The second kappa shape index (κ2) is 8.93. The summed E-state index contributed by atoms with van der Waals surface area (Å²) in [5.41, 5.74) is 5.31. The summed E-state index contributed by atoms with van der Waals surface area (Å²) in [7, 11) is -0.0185. The van der Waals surface area contributed by atoms with Gasteiger partial charge in [0.25, 0.3) is 9.03 Å². The zero-order valence-corrected chi connectivity index (χ0v) is 15.6. The molecule has 0 amide bonds. The third-order valence-corrected chi connectivity index (χ3v) is 4.84. The van der Waals surface area contributed by atoms with E-state index in [-0.39, 0.29) is 9.03 Å². The van der Waals surface area contributed by atoms with Gasteiger partial charge in [-0.05, 0) is 60.1 Å². The van der Waals surface area contributed by atoms with Crippen LogP contribution in [0.3, 0.4) is 0 Å². The number of hydrogen-bond donors (Lipinski definition) is 0. The summed E-state index contributed by atoms with van der Waals surface area (Å²) < 4.78 is 11.9. The van der Waals surface area contributed by atoms with E-state index >= 15 is 0 Å². The Bertz CT molecular complexity index is 582. The second-order valence-electron chi connectivity index (χ2n) is 5.49. The number of benzene rings is 2. The van der Waals surface area contributed by atoms with Crippen molar-refractivity contribution in [2.24, 2.45) is 0 Å². The molecule has 2 nitrogen and oxygen atoms in total. The molecule has 0 aromatic heterocycles. The minimum atomic E-state index is -0.0185. The Morgan fingerprint density at radius 3 is 1.43 bits per heavy atom. The van der Waals surface area contributed by atoms with E-state index in [1.807, 2.05) is 12.1 Å². The maximum Gasteiger partial charge on any atom is 0.275 e. The molecule has 2 rings (SSSR count). The van der Waals surface area contributed by atoms with Crippen molar-refractivity contribution in [2.75, 3.05) is 0 Å². The molecule has 2 aromatic rings. The largest absolute Gasteiger partial charge is 0.440 e. The lowest BCUT2D eigenvalue weighted by Gasteiger charge is -2.16. The van der Waals surface area contributed by atoms with Gasteiger partial charge in [-0.15, -0.1) is 0 Å². The molecule has 0 N–H and O–H groups in total. The summed E-state index contributed by atoms with van der Waals surface area (Å²) in [6, 6.07) is 12.6. The molecule has 0 radical (unpaired) electrons. The molecular formula is C20H27O2P. The smallest absolute Gasteiger partial charge is 0.275 e. The van der Waals surface area contributed by atoms with Gasteiger partial charge in [0.1, 0.15) is 11.5 Å². The van der Waals surface area contributed by atoms with Crippen molar-refractivity contribution in [3.8, 4) is 11.5 Å². The molecule has 0 unspecified atom stereocenters. The fourth-order valence-electron chi connectivity index (χ4n) is 2.99. The van der Waals surface area contributed by atoms with Crippen molar-refractivity contribution in [1.82, 2.24) is 0 Å². The van der Waals surface area contributed by atoms with E-state index in [4.69, 9.17) is 9.05 Å². The van der Waals surface area contributed by atoms with Gasteiger partial charge >= 0.3 is 0 Å². The lowest BCUT2D eigenvalue weighted by Crippen LogP contribution is -1.97. The standard InChI is InChI=1S/C20H27O2P/c1-5-15-11-9-13-19(17(15)7-3)21-23-22-20-14-10-12-16(6-2)18(20)8-4/h9-14,23H,5-8H2,1-4H3. The molecule has 23 heavy (non-hydrogen) atoms. The van der Waals surface area contributed by atoms with Crippen LogP contribution < -0.4 is 9.05 Å². The highest BCUT2D eigenvalue weighted by Crippen LogP contribution is 2.33. The van der Waals surface area contributed by atoms with Gasteiger partial charge in [-0.2, -0.15) is 0 Å². The third-order valence-electron chi connectivity index (χ3n) is 4.23. The van der Waals surface area contributed by atoms with Gasteiger partial charge in [0.05, 0.1) is 0 Å². The van der Waals surface area contributed by atoms with Crippen LogP contribution in [0.1, 0.15) is 49.9 Å². The molecule has 0 heterocycles. The fraction of sp³-hybridized carbons (Fsp3) is 0.400. The fourth-order valence-corrected chi connectivity index (χ4v) is 3.59.